The number of hydrogen-bond acceptors (Lipinski definition) is 6. The standard InChI is InChI=1S/C27H53NO5/c1-28(23-24-29)22-18-14-10-6-3-7-11-15-19-25-33-27(31)21-17-13-9-5-4-8-12-16-20-26(30)32-2/h29H,3-25H2,1-2H3. The largest absolute Gasteiger partial charge is 0.469 e. The highest BCUT2D eigenvalue weighted by atomic mass is 16.5. The molecule has 0 unspecified atom stereocenters. The SMILES string of the molecule is COC(=O)CCCCCCCCCCC(=O)OCCCCCCCCCCCN(C)CCO. The Morgan fingerprint density at radius 1 is 0.606 bits per heavy atom. The van der Waals surface area contributed by atoms with Gasteiger partial charge in [-0.15, -0.1) is 0 Å². The molecule has 0 fully saturated rings. The van der Waals surface area contributed by atoms with Gasteiger partial charge in [-0.3, -0.25) is 9.59 Å². The number of aliphatic hydroxyl groups is 1. The van der Waals surface area contributed by atoms with E-state index in [2.05, 4.69) is 16.7 Å². The number of carbonyl (C=O) groups is 2. The lowest BCUT2D eigenvalue weighted by molar-refractivity contribution is -0.144. The van der Waals surface area contributed by atoms with Crippen molar-refractivity contribution in [1.29, 1.82) is 0 Å². The number of esters is 2. The van der Waals surface area contributed by atoms with E-state index >= 15 is 0 Å². The number of methoxy groups -OCH3 is 1. The summed E-state index contributed by atoms with van der Waals surface area (Å²) >= 11 is 0. The van der Waals surface area contributed by atoms with Gasteiger partial charge in [0.1, 0.15) is 0 Å². The number of hydrogen-bond donors (Lipinski definition) is 1. The molecule has 33 heavy (non-hydrogen) atoms. The minimum Gasteiger partial charge on any atom is -0.469 e. The van der Waals surface area contributed by atoms with Crippen LogP contribution >= 0.6 is 0 Å². The first kappa shape index (κ1) is 31.9. The average molecular weight is 472 g/mol. The average Bonchev–Trinajstić information content (AvgIpc) is 2.80. The highest BCUT2D eigenvalue weighted by Crippen LogP contribution is 2.12. The van der Waals surface area contributed by atoms with Crippen LogP contribution < -0.4 is 0 Å². The predicted octanol–water partition coefficient (Wildman–Crippen LogP) is 6.04. The summed E-state index contributed by atoms with van der Waals surface area (Å²) in [5.74, 6) is -0.151. The van der Waals surface area contributed by atoms with Gasteiger partial charge in [0.05, 0.1) is 20.3 Å². The van der Waals surface area contributed by atoms with Crippen LogP contribution in [0.1, 0.15) is 122 Å². The second kappa shape index (κ2) is 25.5. The summed E-state index contributed by atoms with van der Waals surface area (Å²) in [6.45, 7) is 2.68. The first-order chi connectivity index (χ1) is 16.1. The number of unbranched alkanes of at least 4 members (excludes halogenated alkanes) is 15. The molecule has 0 aliphatic heterocycles. The van der Waals surface area contributed by atoms with E-state index in [1.165, 1.54) is 77.7 Å². The molecule has 0 aromatic heterocycles. The predicted molar refractivity (Wildman–Crippen MR) is 135 cm³/mol. The van der Waals surface area contributed by atoms with Crippen LogP contribution in [0.25, 0.3) is 0 Å². The van der Waals surface area contributed by atoms with E-state index in [-0.39, 0.29) is 18.5 Å². The van der Waals surface area contributed by atoms with Crippen LogP contribution in [0.4, 0.5) is 0 Å². The van der Waals surface area contributed by atoms with Gasteiger partial charge in [-0.1, -0.05) is 83.5 Å². The molecule has 0 aliphatic rings. The smallest absolute Gasteiger partial charge is 0.305 e. The molecule has 0 atom stereocenters. The topological polar surface area (TPSA) is 76.1 Å². The van der Waals surface area contributed by atoms with Crippen molar-refractivity contribution in [1.82, 2.24) is 4.90 Å². The highest BCUT2D eigenvalue weighted by molar-refractivity contribution is 5.69. The van der Waals surface area contributed by atoms with Gasteiger partial charge in [-0.2, -0.15) is 0 Å². The Bertz CT molecular complexity index is 444. The normalized spacial score (nSPS) is 11.2. The molecule has 0 aromatic rings. The van der Waals surface area contributed by atoms with Gasteiger partial charge in [0.2, 0.25) is 0 Å². The summed E-state index contributed by atoms with van der Waals surface area (Å²) in [7, 11) is 3.50. The maximum absolute atomic E-state index is 11.8. The zero-order valence-corrected chi connectivity index (χ0v) is 21.8. The minimum absolute atomic E-state index is 0.0394. The summed E-state index contributed by atoms with van der Waals surface area (Å²) in [5, 5.41) is 8.87. The lowest BCUT2D eigenvalue weighted by Crippen LogP contribution is -2.23. The number of ether oxygens (including phenoxy) is 2. The molecule has 1 N–H and O–H groups in total. The fourth-order valence-electron chi connectivity index (χ4n) is 3.96. The molecule has 0 spiro atoms. The van der Waals surface area contributed by atoms with Crippen molar-refractivity contribution < 1.29 is 24.2 Å². The van der Waals surface area contributed by atoms with E-state index in [1.54, 1.807) is 0 Å². The first-order valence-electron chi connectivity index (χ1n) is 13.6. The molecule has 6 nitrogen and oxygen atoms in total. The van der Waals surface area contributed by atoms with Crippen molar-refractivity contribution in [2.75, 3.05) is 40.5 Å². The number of rotatable bonds is 25. The maximum Gasteiger partial charge on any atom is 0.305 e. The highest BCUT2D eigenvalue weighted by Gasteiger charge is 2.03. The number of nitrogens with zero attached hydrogens (tertiary/aromatic N) is 1. The van der Waals surface area contributed by atoms with Crippen LogP contribution in [0.5, 0.6) is 0 Å². The molecule has 0 amide bonds. The van der Waals surface area contributed by atoms with Crippen molar-refractivity contribution in [3.63, 3.8) is 0 Å². The maximum atomic E-state index is 11.8. The van der Waals surface area contributed by atoms with Gasteiger partial charge in [-0.25, -0.2) is 0 Å². The number of aliphatic hydroxyl groups excluding tert-OH is 1. The molecular weight excluding hydrogens is 418 g/mol. The van der Waals surface area contributed by atoms with Gasteiger partial charge in [0.15, 0.2) is 0 Å². The Morgan fingerprint density at radius 2 is 1.03 bits per heavy atom. The summed E-state index contributed by atoms with van der Waals surface area (Å²) in [6, 6.07) is 0. The Kier molecular flexibility index (Phi) is 24.6. The third-order valence-corrected chi connectivity index (χ3v) is 6.17. The van der Waals surface area contributed by atoms with Crippen LogP contribution in [0, 0.1) is 0 Å². The quantitative estimate of drug-likeness (QED) is 0.129. The molecule has 0 radical (unpaired) electrons. The van der Waals surface area contributed by atoms with E-state index in [4.69, 9.17) is 9.84 Å². The van der Waals surface area contributed by atoms with Crippen molar-refractivity contribution in [2.45, 2.75) is 122 Å². The fourth-order valence-corrected chi connectivity index (χ4v) is 3.96. The molecule has 0 saturated heterocycles. The molecular formula is C27H53NO5. The number of likely N-dealkylation sites (N-methyl/N-ethyl adjacent to an activating group) is 1. The summed E-state index contributed by atoms with van der Waals surface area (Å²) in [5.41, 5.74) is 0. The van der Waals surface area contributed by atoms with E-state index in [0.29, 0.717) is 19.4 Å². The Balaban J connectivity index is 3.21. The van der Waals surface area contributed by atoms with Gasteiger partial charge in [0.25, 0.3) is 0 Å². The first-order valence-corrected chi connectivity index (χ1v) is 13.6. The zero-order chi connectivity index (χ0) is 24.4. The van der Waals surface area contributed by atoms with Crippen molar-refractivity contribution in [2.24, 2.45) is 0 Å². The Morgan fingerprint density at radius 3 is 1.52 bits per heavy atom. The molecule has 0 aliphatic carbocycles. The number of carbonyl (C=O) groups excluding carboxylic acids is 2. The lowest BCUT2D eigenvalue weighted by Gasteiger charge is -2.14. The van der Waals surface area contributed by atoms with E-state index in [0.717, 1.165) is 51.6 Å². The minimum atomic E-state index is -0.112. The van der Waals surface area contributed by atoms with Crippen molar-refractivity contribution in [3.8, 4) is 0 Å². The van der Waals surface area contributed by atoms with E-state index in [9.17, 15) is 9.59 Å². The van der Waals surface area contributed by atoms with Crippen LogP contribution in [-0.2, 0) is 19.1 Å². The Labute approximate surface area is 203 Å². The summed E-state index contributed by atoms with van der Waals surface area (Å²) in [6.07, 6.45) is 20.9. The van der Waals surface area contributed by atoms with Crippen LogP contribution in [0.15, 0.2) is 0 Å². The van der Waals surface area contributed by atoms with Gasteiger partial charge in [-0.05, 0) is 39.3 Å². The molecule has 0 heterocycles. The van der Waals surface area contributed by atoms with Gasteiger partial charge >= 0.3 is 11.9 Å². The fraction of sp³-hybridized carbons (Fsp3) is 0.926. The monoisotopic (exact) mass is 471 g/mol. The summed E-state index contributed by atoms with van der Waals surface area (Å²) < 4.78 is 9.99. The third-order valence-electron chi connectivity index (χ3n) is 6.17. The third kappa shape index (κ3) is 25.3. The van der Waals surface area contributed by atoms with Crippen molar-refractivity contribution in [3.05, 3.63) is 0 Å². The molecule has 0 aromatic carbocycles. The molecule has 0 bridgehead atoms. The Hall–Kier alpha value is -1.14. The molecule has 6 heteroatoms. The van der Waals surface area contributed by atoms with Gasteiger partial charge in [0, 0.05) is 19.4 Å². The van der Waals surface area contributed by atoms with Crippen LogP contribution in [0.2, 0.25) is 0 Å². The molecule has 0 rings (SSSR count). The summed E-state index contributed by atoms with van der Waals surface area (Å²) in [4.78, 5) is 25.0. The van der Waals surface area contributed by atoms with Crippen LogP contribution in [0.3, 0.4) is 0 Å². The van der Waals surface area contributed by atoms with Gasteiger partial charge < -0.3 is 19.5 Å². The zero-order valence-electron chi connectivity index (χ0n) is 21.8. The van der Waals surface area contributed by atoms with E-state index in [1.807, 2.05) is 0 Å². The second-order valence-corrected chi connectivity index (χ2v) is 9.33. The lowest BCUT2D eigenvalue weighted by atomic mass is 10.1. The molecule has 196 valence electrons. The molecule has 0 saturated carbocycles. The van der Waals surface area contributed by atoms with Crippen LogP contribution in [-0.4, -0.2) is 62.4 Å². The second-order valence-electron chi connectivity index (χ2n) is 9.33. The van der Waals surface area contributed by atoms with E-state index < -0.39 is 0 Å². The van der Waals surface area contributed by atoms with Crippen molar-refractivity contribution >= 4 is 11.9 Å².